The van der Waals surface area contributed by atoms with E-state index in [2.05, 4.69) is 10.9 Å². The smallest absolute Gasteiger partial charge is 0.267 e. The van der Waals surface area contributed by atoms with E-state index in [0.717, 1.165) is 5.56 Å². The molecule has 18 heavy (non-hydrogen) atoms. The Bertz CT molecular complexity index is 563. The second-order valence-electron chi connectivity index (χ2n) is 3.71. The molecule has 0 saturated carbocycles. The number of benzene rings is 1. The third-order valence-electron chi connectivity index (χ3n) is 2.39. The zero-order chi connectivity index (χ0) is 13.0. The van der Waals surface area contributed by atoms with Crippen LogP contribution in [0.3, 0.4) is 0 Å². The molecule has 2 amide bonds. The minimum atomic E-state index is -0.335. The molecule has 5 heteroatoms. The Morgan fingerprint density at radius 2 is 1.67 bits per heavy atom. The standard InChI is InChI=1S/C13H12N2O2S/c1-9-7-8-18-11(9)13(17)15-14-12(16)10-5-3-2-4-6-10/h2-8H,1H3,(H,14,16)(H,15,17). The van der Waals surface area contributed by atoms with E-state index >= 15 is 0 Å². The molecule has 2 N–H and O–H groups in total. The average Bonchev–Trinajstić information content (AvgIpc) is 2.83. The highest BCUT2D eigenvalue weighted by Gasteiger charge is 2.11. The Morgan fingerprint density at radius 1 is 1.00 bits per heavy atom. The fourth-order valence-electron chi connectivity index (χ4n) is 1.44. The normalized spacial score (nSPS) is 9.83. The predicted octanol–water partition coefficient (Wildman–Crippen LogP) is 2.13. The number of hydrogen-bond acceptors (Lipinski definition) is 3. The van der Waals surface area contributed by atoms with Crippen molar-refractivity contribution in [3.63, 3.8) is 0 Å². The quantitative estimate of drug-likeness (QED) is 0.813. The zero-order valence-electron chi connectivity index (χ0n) is 9.77. The van der Waals surface area contributed by atoms with E-state index in [1.165, 1.54) is 11.3 Å². The Balaban J connectivity index is 1.95. The molecule has 4 nitrogen and oxygen atoms in total. The maximum atomic E-state index is 11.7. The SMILES string of the molecule is Cc1ccsc1C(=O)NNC(=O)c1ccccc1. The number of thiophene rings is 1. The first kappa shape index (κ1) is 12.3. The Hall–Kier alpha value is -2.14. The van der Waals surface area contributed by atoms with E-state index in [0.29, 0.717) is 10.4 Å². The van der Waals surface area contributed by atoms with Crippen LogP contribution in [-0.2, 0) is 0 Å². The van der Waals surface area contributed by atoms with Crippen molar-refractivity contribution in [2.45, 2.75) is 6.92 Å². The topological polar surface area (TPSA) is 58.2 Å². The van der Waals surface area contributed by atoms with Crippen molar-refractivity contribution in [3.8, 4) is 0 Å². The minimum Gasteiger partial charge on any atom is -0.267 e. The van der Waals surface area contributed by atoms with E-state index in [9.17, 15) is 9.59 Å². The number of aryl methyl sites for hydroxylation is 1. The number of rotatable bonds is 2. The highest BCUT2D eigenvalue weighted by molar-refractivity contribution is 7.12. The van der Waals surface area contributed by atoms with Crippen molar-refractivity contribution in [1.29, 1.82) is 0 Å². The molecule has 0 radical (unpaired) electrons. The zero-order valence-corrected chi connectivity index (χ0v) is 10.6. The van der Waals surface area contributed by atoms with E-state index < -0.39 is 0 Å². The van der Waals surface area contributed by atoms with Crippen molar-refractivity contribution in [1.82, 2.24) is 10.9 Å². The lowest BCUT2D eigenvalue weighted by atomic mass is 10.2. The molecular weight excluding hydrogens is 248 g/mol. The molecule has 0 aliphatic heterocycles. The van der Waals surface area contributed by atoms with Crippen LogP contribution in [0, 0.1) is 6.92 Å². The highest BCUT2D eigenvalue weighted by Crippen LogP contribution is 2.14. The molecule has 1 aromatic carbocycles. The second kappa shape index (κ2) is 5.46. The van der Waals surface area contributed by atoms with Crippen LogP contribution in [0.2, 0.25) is 0 Å². The van der Waals surface area contributed by atoms with E-state index in [1.807, 2.05) is 24.4 Å². The first-order valence-corrected chi connectivity index (χ1v) is 6.26. The van der Waals surface area contributed by atoms with Gasteiger partial charge in [0.2, 0.25) is 0 Å². The molecule has 0 spiro atoms. The van der Waals surface area contributed by atoms with Gasteiger partial charge in [0.15, 0.2) is 0 Å². The van der Waals surface area contributed by atoms with Gasteiger partial charge in [-0.3, -0.25) is 20.4 Å². The van der Waals surface area contributed by atoms with Crippen LogP contribution >= 0.6 is 11.3 Å². The highest BCUT2D eigenvalue weighted by atomic mass is 32.1. The summed E-state index contributed by atoms with van der Waals surface area (Å²) < 4.78 is 0. The van der Waals surface area contributed by atoms with Gasteiger partial charge >= 0.3 is 0 Å². The van der Waals surface area contributed by atoms with Gasteiger partial charge in [0, 0.05) is 5.56 Å². The summed E-state index contributed by atoms with van der Waals surface area (Å²) in [7, 11) is 0. The van der Waals surface area contributed by atoms with Crippen LogP contribution in [-0.4, -0.2) is 11.8 Å². The fraction of sp³-hybridized carbons (Fsp3) is 0.0769. The summed E-state index contributed by atoms with van der Waals surface area (Å²) in [6, 6.07) is 10.6. The van der Waals surface area contributed by atoms with Gasteiger partial charge in [-0.1, -0.05) is 18.2 Å². The lowest BCUT2D eigenvalue weighted by molar-refractivity contribution is 0.0848. The Morgan fingerprint density at radius 3 is 2.28 bits per heavy atom. The van der Waals surface area contributed by atoms with Crippen LogP contribution in [0.4, 0.5) is 0 Å². The summed E-state index contributed by atoms with van der Waals surface area (Å²) in [6.45, 7) is 1.85. The third-order valence-corrected chi connectivity index (χ3v) is 3.41. The molecule has 0 saturated heterocycles. The van der Waals surface area contributed by atoms with Gasteiger partial charge in [-0.25, -0.2) is 0 Å². The molecule has 0 atom stereocenters. The van der Waals surface area contributed by atoms with E-state index in [1.54, 1.807) is 24.3 Å². The van der Waals surface area contributed by atoms with Crippen LogP contribution in [0.1, 0.15) is 25.6 Å². The molecular formula is C13H12N2O2S. The number of carbonyl (C=O) groups excluding carboxylic acids is 2. The van der Waals surface area contributed by atoms with Crippen molar-refractivity contribution >= 4 is 23.2 Å². The molecule has 1 aromatic heterocycles. The summed E-state index contributed by atoms with van der Waals surface area (Å²) in [5.74, 6) is -0.634. The third kappa shape index (κ3) is 2.75. The van der Waals surface area contributed by atoms with Crippen LogP contribution in [0.5, 0.6) is 0 Å². The minimum absolute atomic E-state index is 0.299. The molecule has 0 aliphatic rings. The summed E-state index contributed by atoms with van der Waals surface area (Å²) in [5.41, 5.74) is 6.17. The number of hydrogen-bond donors (Lipinski definition) is 2. The first-order chi connectivity index (χ1) is 8.68. The lowest BCUT2D eigenvalue weighted by Gasteiger charge is -2.06. The Kier molecular flexibility index (Phi) is 3.74. The molecule has 0 bridgehead atoms. The van der Waals surface area contributed by atoms with Gasteiger partial charge in [0.1, 0.15) is 0 Å². The van der Waals surface area contributed by atoms with Gasteiger partial charge in [-0.15, -0.1) is 11.3 Å². The summed E-state index contributed by atoms with van der Waals surface area (Å²) in [5, 5.41) is 1.84. The molecule has 0 unspecified atom stereocenters. The first-order valence-electron chi connectivity index (χ1n) is 5.38. The maximum Gasteiger partial charge on any atom is 0.280 e. The van der Waals surface area contributed by atoms with Gasteiger partial charge in [0.25, 0.3) is 11.8 Å². The number of amides is 2. The maximum absolute atomic E-state index is 11.7. The molecule has 0 aliphatic carbocycles. The summed E-state index contributed by atoms with van der Waals surface area (Å²) >= 11 is 1.34. The molecule has 2 rings (SSSR count). The predicted molar refractivity (Wildman–Crippen MR) is 70.4 cm³/mol. The molecule has 0 fully saturated rings. The monoisotopic (exact) mass is 260 g/mol. The number of nitrogens with one attached hydrogen (secondary N) is 2. The van der Waals surface area contributed by atoms with Crippen LogP contribution in [0.15, 0.2) is 41.8 Å². The summed E-state index contributed by atoms with van der Waals surface area (Å²) in [4.78, 5) is 24.0. The van der Waals surface area contributed by atoms with Gasteiger partial charge in [-0.2, -0.15) is 0 Å². The molecule has 1 heterocycles. The van der Waals surface area contributed by atoms with Crippen molar-refractivity contribution in [2.75, 3.05) is 0 Å². The van der Waals surface area contributed by atoms with Crippen LogP contribution in [0.25, 0.3) is 0 Å². The van der Waals surface area contributed by atoms with Gasteiger partial charge in [0.05, 0.1) is 4.88 Å². The average molecular weight is 260 g/mol. The molecule has 2 aromatic rings. The number of hydrazine groups is 1. The van der Waals surface area contributed by atoms with Crippen molar-refractivity contribution < 1.29 is 9.59 Å². The largest absolute Gasteiger partial charge is 0.280 e. The van der Waals surface area contributed by atoms with E-state index in [4.69, 9.17) is 0 Å². The molecule has 92 valence electrons. The van der Waals surface area contributed by atoms with Gasteiger partial charge in [-0.05, 0) is 36.1 Å². The van der Waals surface area contributed by atoms with Gasteiger partial charge < -0.3 is 0 Å². The lowest BCUT2D eigenvalue weighted by Crippen LogP contribution is -2.41. The number of carbonyl (C=O) groups is 2. The Labute approximate surface area is 109 Å². The summed E-state index contributed by atoms with van der Waals surface area (Å²) in [6.07, 6.45) is 0. The van der Waals surface area contributed by atoms with Crippen LogP contribution < -0.4 is 10.9 Å². The van der Waals surface area contributed by atoms with Crippen molar-refractivity contribution in [3.05, 3.63) is 57.8 Å². The second-order valence-corrected chi connectivity index (χ2v) is 4.62. The fourth-order valence-corrected chi connectivity index (χ4v) is 2.26. The van der Waals surface area contributed by atoms with E-state index in [-0.39, 0.29) is 11.8 Å². The van der Waals surface area contributed by atoms with Crippen molar-refractivity contribution in [2.24, 2.45) is 0 Å².